The van der Waals surface area contributed by atoms with E-state index >= 15 is 0 Å². The van der Waals surface area contributed by atoms with Gasteiger partial charge in [0.15, 0.2) is 0 Å². The molecule has 0 atom stereocenters. The second kappa shape index (κ2) is 8.49. The number of hydrogen-bond donors (Lipinski definition) is 1. The Kier molecular flexibility index (Phi) is 6.19. The van der Waals surface area contributed by atoms with Crippen LogP contribution in [0.3, 0.4) is 0 Å². The Hall–Kier alpha value is -2.84. The number of ether oxygens (including phenoxy) is 1. The molecule has 9 heteroatoms. The lowest BCUT2D eigenvalue weighted by Gasteiger charge is -2.12. The maximum Gasteiger partial charge on any atom is 0.259 e. The maximum atomic E-state index is 13.0. The number of benzene rings is 2. The molecule has 0 saturated carbocycles. The minimum absolute atomic E-state index is 0.00262. The van der Waals surface area contributed by atoms with E-state index in [1.165, 1.54) is 43.5 Å². The topological polar surface area (TPSA) is 90.3 Å². The van der Waals surface area contributed by atoms with E-state index in [9.17, 15) is 13.2 Å². The molecule has 30 heavy (non-hydrogen) atoms. The third-order valence-corrected chi connectivity index (χ3v) is 6.72. The van der Waals surface area contributed by atoms with E-state index in [1.54, 1.807) is 17.7 Å². The number of nitrogens with one attached hydrogen (secondary N) is 1. The summed E-state index contributed by atoms with van der Waals surface area (Å²) < 4.78 is 33.1. The van der Waals surface area contributed by atoms with Crippen LogP contribution in [0.2, 0.25) is 5.02 Å². The smallest absolute Gasteiger partial charge is 0.259 e. The first-order valence-corrected chi connectivity index (χ1v) is 11.1. The zero-order valence-corrected chi connectivity index (χ0v) is 18.6. The first kappa shape index (κ1) is 21.9. The minimum atomic E-state index is -3.83. The molecule has 0 unspecified atom stereocenters. The second-order valence-electron chi connectivity index (χ2n) is 6.67. The monoisotopic (exact) mass is 447 g/mol. The molecular formula is C21H22ClN3O4S. The van der Waals surface area contributed by atoms with Crippen molar-refractivity contribution in [2.75, 3.05) is 12.4 Å². The van der Waals surface area contributed by atoms with Gasteiger partial charge in [-0.05, 0) is 57.2 Å². The lowest BCUT2D eigenvalue weighted by Crippen LogP contribution is -2.15. The fourth-order valence-corrected chi connectivity index (χ4v) is 4.64. The molecule has 0 radical (unpaired) electrons. The van der Waals surface area contributed by atoms with E-state index in [-0.39, 0.29) is 15.7 Å². The highest BCUT2D eigenvalue weighted by Crippen LogP contribution is 2.29. The van der Waals surface area contributed by atoms with Gasteiger partial charge in [0.1, 0.15) is 5.75 Å². The number of amides is 1. The van der Waals surface area contributed by atoms with Crippen molar-refractivity contribution in [3.8, 4) is 5.75 Å². The van der Waals surface area contributed by atoms with Crippen LogP contribution in [-0.2, 0) is 16.4 Å². The Morgan fingerprint density at radius 1 is 1.13 bits per heavy atom. The lowest BCUT2D eigenvalue weighted by atomic mass is 10.1. The van der Waals surface area contributed by atoms with Crippen LogP contribution in [0, 0.1) is 13.8 Å². The summed E-state index contributed by atoms with van der Waals surface area (Å²) in [6, 6.07) is 10.3. The summed E-state index contributed by atoms with van der Waals surface area (Å²) >= 11 is 5.86. The van der Waals surface area contributed by atoms with E-state index in [1.807, 2.05) is 13.8 Å². The van der Waals surface area contributed by atoms with Crippen LogP contribution >= 0.6 is 11.6 Å². The van der Waals surface area contributed by atoms with Gasteiger partial charge in [-0.1, -0.05) is 11.6 Å². The summed E-state index contributed by atoms with van der Waals surface area (Å²) in [5, 5.41) is 7.56. The zero-order chi connectivity index (χ0) is 22.1. The van der Waals surface area contributed by atoms with Crippen molar-refractivity contribution in [3.63, 3.8) is 0 Å². The molecule has 0 aliphatic heterocycles. The van der Waals surface area contributed by atoms with Gasteiger partial charge in [0.2, 0.25) is 9.84 Å². The van der Waals surface area contributed by atoms with Crippen LogP contribution in [-0.4, -0.2) is 31.2 Å². The van der Waals surface area contributed by atoms with E-state index in [2.05, 4.69) is 10.4 Å². The lowest BCUT2D eigenvalue weighted by molar-refractivity contribution is 0.102. The molecular weight excluding hydrogens is 426 g/mol. The molecule has 0 aliphatic rings. The number of anilines is 1. The fourth-order valence-electron chi connectivity index (χ4n) is 3.19. The van der Waals surface area contributed by atoms with Crippen molar-refractivity contribution in [2.24, 2.45) is 0 Å². The van der Waals surface area contributed by atoms with Gasteiger partial charge < -0.3 is 10.1 Å². The molecule has 7 nitrogen and oxygen atoms in total. The number of aromatic nitrogens is 2. The number of hydrogen-bond acceptors (Lipinski definition) is 5. The Balaban J connectivity index is 2.00. The second-order valence-corrected chi connectivity index (χ2v) is 9.06. The normalized spacial score (nSPS) is 11.4. The number of carbonyl (C=O) groups is 1. The van der Waals surface area contributed by atoms with Crippen LogP contribution < -0.4 is 10.1 Å². The van der Waals surface area contributed by atoms with Crippen molar-refractivity contribution in [3.05, 3.63) is 64.4 Å². The van der Waals surface area contributed by atoms with Crippen LogP contribution in [0.25, 0.3) is 0 Å². The van der Waals surface area contributed by atoms with E-state index in [0.717, 1.165) is 5.69 Å². The zero-order valence-electron chi connectivity index (χ0n) is 17.1. The quantitative estimate of drug-likeness (QED) is 0.609. The highest BCUT2D eigenvalue weighted by Gasteiger charge is 2.22. The molecule has 0 saturated heterocycles. The van der Waals surface area contributed by atoms with Gasteiger partial charge in [-0.2, -0.15) is 5.10 Å². The summed E-state index contributed by atoms with van der Waals surface area (Å²) in [7, 11) is -2.40. The number of carbonyl (C=O) groups excluding carboxylic acids is 1. The number of halogens is 1. The number of rotatable bonds is 6. The van der Waals surface area contributed by atoms with Gasteiger partial charge in [0.05, 0.1) is 28.2 Å². The van der Waals surface area contributed by atoms with Gasteiger partial charge in [-0.15, -0.1) is 0 Å². The third-order valence-electron chi connectivity index (χ3n) is 4.72. The van der Waals surface area contributed by atoms with Gasteiger partial charge in [-0.3, -0.25) is 9.48 Å². The van der Waals surface area contributed by atoms with Crippen molar-refractivity contribution in [2.45, 2.75) is 37.1 Å². The molecule has 158 valence electrons. The fraction of sp³-hybridized carbons (Fsp3) is 0.238. The average Bonchev–Trinajstić information content (AvgIpc) is 3.01. The maximum absolute atomic E-state index is 13.0. The first-order valence-electron chi connectivity index (χ1n) is 9.22. The predicted molar refractivity (Wildman–Crippen MR) is 115 cm³/mol. The molecule has 1 aromatic heterocycles. The van der Waals surface area contributed by atoms with E-state index in [4.69, 9.17) is 16.3 Å². The number of methoxy groups -OCH3 is 1. The largest absolute Gasteiger partial charge is 0.497 e. The van der Waals surface area contributed by atoms with E-state index < -0.39 is 9.84 Å². The van der Waals surface area contributed by atoms with Crippen molar-refractivity contribution in [1.29, 1.82) is 0 Å². The van der Waals surface area contributed by atoms with E-state index in [0.29, 0.717) is 34.3 Å². The summed E-state index contributed by atoms with van der Waals surface area (Å²) in [5.74, 6) is -0.0640. The summed E-state index contributed by atoms with van der Waals surface area (Å²) in [5.41, 5.74) is 2.10. The standard InChI is InChI=1S/C21H22ClN3O4S/c1-5-25-14(3)20(13(2)24-25)21(26)23-16-10-17(29-4)12-19(11-16)30(27,28)18-8-6-15(22)7-9-18/h6-12H,5H2,1-4H3,(H,23,26). The SMILES string of the molecule is CCn1nc(C)c(C(=O)Nc2cc(OC)cc(S(=O)(=O)c3ccc(Cl)cc3)c2)c1C. The van der Waals surface area contributed by atoms with Gasteiger partial charge >= 0.3 is 0 Å². The highest BCUT2D eigenvalue weighted by atomic mass is 35.5. The predicted octanol–water partition coefficient (Wildman–Crippen LogP) is 4.27. The summed E-state index contributed by atoms with van der Waals surface area (Å²) in [4.78, 5) is 13.0. The van der Waals surface area contributed by atoms with Crippen molar-refractivity contribution in [1.82, 2.24) is 9.78 Å². The first-order chi connectivity index (χ1) is 14.2. The molecule has 2 aromatic carbocycles. The van der Waals surface area contributed by atoms with Crippen LogP contribution in [0.5, 0.6) is 5.75 Å². The van der Waals surface area contributed by atoms with Gasteiger partial charge in [-0.25, -0.2) is 8.42 Å². The number of aryl methyl sites for hydroxylation is 2. The molecule has 3 rings (SSSR count). The number of nitrogens with zero attached hydrogens (tertiary/aromatic N) is 2. The van der Waals surface area contributed by atoms with Crippen molar-refractivity contribution < 1.29 is 17.9 Å². The Bertz CT molecular complexity index is 1200. The molecule has 0 spiro atoms. The van der Waals surface area contributed by atoms with Gasteiger partial charge in [0, 0.05) is 29.0 Å². The molecule has 1 N–H and O–H groups in total. The van der Waals surface area contributed by atoms with Crippen LogP contribution in [0.1, 0.15) is 28.7 Å². The molecule has 3 aromatic rings. The molecule has 1 amide bonds. The van der Waals surface area contributed by atoms with Crippen LogP contribution in [0.4, 0.5) is 5.69 Å². The Morgan fingerprint density at radius 2 is 1.80 bits per heavy atom. The Labute approximate surface area is 180 Å². The summed E-state index contributed by atoms with van der Waals surface area (Å²) in [6.45, 7) is 6.16. The molecule has 0 aliphatic carbocycles. The molecule has 0 bridgehead atoms. The average molecular weight is 448 g/mol. The van der Waals surface area contributed by atoms with Gasteiger partial charge in [0.25, 0.3) is 5.91 Å². The number of sulfone groups is 1. The Morgan fingerprint density at radius 3 is 2.37 bits per heavy atom. The van der Waals surface area contributed by atoms with Crippen LogP contribution in [0.15, 0.2) is 52.3 Å². The third kappa shape index (κ3) is 4.20. The minimum Gasteiger partial charge on any atom is -0.497 e. The van der Waals surface area contributed by atoms with Crippen molar-refractivity contribution >= 4 is 33.0 Å². The molecule has 0 fully saturated rings. The molecule has 1 heterocycles. The summed E-state index contributed by atoms with van der Waals surface area (Å²) in [6.07, 6.45) is 0. The highest BCUT2D eigenvalue weighted by molar-refractivity contribution is 7.91.